The van der Waals surface area contributed by atoms with Gasteiger partial charge in [0.2, 0.25) is 5.91 Å². The largest absolute Gasteiger partial charge is 0.382 e. The van der Waals surface area contributed by atoms with Crippen molar-refractivity contribution in [2.75, 3.05) is 0 Å². The van der Waals surface area contributed by atoms with Crippen molar-refractivity contribution >= 4 is 39.7 Å². The van der Waals surface area contributed by atoms with Gasteiger partial charge < -0.3 is 15.0 Å². The van der Waals surface area contributed by atoms with E-state index in [1.165, 1.54) is 52.2 Å². The molecule has 0 saturated carbocycles. The summed E-state index contributed by atoms with van der Waals surface area (Å²) in [6.45, 7) is 0.212. The van der Waals surface area contributed by atoms with Crippen LogP contribution in [-0.4, -0.2) is 29.7 Å². The average Bonchev–Trinajstić information content (AvgIpc) is 3.49. The third-order valence-corrected chi connectivity index (χ3v) is 6.82. The molecule has 0 aliphatic carbocycles. The first kappa shape index (κ1) is 20.3. The number of aliphatic hydroxyl groups excluding tert-OH is 1. The van der Waals surface area contributed by atoms with Crippen molar-refractivity contribution < 1.29 is 9.90 Å². The first-order chi connectivity index (χ1) is 14.4. The van der Waals surface area contributed by atoms with E-state index in [9.17, 15) is 19.5 Å². The molecule has 1 amide bonds. The normalized spacial score (nSPS) is 12.4. The molecule has 0 spiro atoms. The molecular formula is C19H19N5O4S2. The zero-order valence-corrected chi connectivity index (χ0v) is 17.9. The molecule has 0 saturated heterocycles. The number of aliphatic hydroxyl groups is 1. The van der Waals surface area contributed by atoms with Crippen molar-refractivity contribution in [3.63, 3.8) is 0 Å². The molecule has 4 rings (SSSR count). The lowest BCUT2D eigenvalue weighted by Gasteiger charge is -2.07. The SMILES string of the molecule is Cn1c(=O)c2c(ncn2CC(=O)NCc2ccc(C(O)c3cccs3)s2)n(C)c1=O. The number of hydrogen-bond donors (Lipinski definition) is 2. The number of carbonyl (C=O) groups is 1. The van der Waals surface area contributed by atoms with E-state index in [2.05, 4.69) is 10.3 Å². The Morgan fingerprint density at radius 2 is 2.00 bits per heavy atom. The quantitative estimate of drug-likeness (QED) is 0.459. The van der Waals surface area contributed by atoms with Crippen LogP contribution in [-0.2, 0) is 32.0 Å². The smallest absolute Gasteiger partial charge is 0.332 e. The van der Waals surface area contributed by atoms with Gasteiger partial charge in [0, 0.05) is 28.7 Å². The molecule has 1 atom stereocenters. The molecule has 0 aliphatic heterocycles. The standard InChI is InChI=1S/C19H19N5O4S2/c1-22-17-15(18(27)23(2)19(22)28)24(10-21-17)9-14(25)20-8-11-5-6-13(30-11)16(26)12-4-3-7-29-12/h3-7,10,16,26H,8-9H2,1-2H3,(H,20,25). The zero-order chi connectivity index (χ0) is 21.4. The highest BCUT2D eigenvalue weighted by Gasteiger charge is 2.17. The molecule has 11 heteroatoms. The van der Waals surface area contributed by atoms with Gasteiger partial charge in [-0.25, -0.2) is 9.78 Å². The molecular weight excluding hydrogens is 426 g/mol. The number of aryl methyl sites for hydroxylation is 1. The molecule has 4 aromatic heterocycles. The van der Waals surface area contributed by atoms with Crippen molar-refractivity contribution in [1.29, 1.82) is 0 Å². The summed E-state index contributed by atoms with van der Waals surface area (Å²) in [7, 11) is 2.92. The third kappa shape index (κ3) is 3.62. The Hall–Kier alpha value is -3.02. The summed E-state index contributed by atoms with van der Waals surface area (Å²) in [5, 5.41) is 15.1. The monoisotopic (exact) mass is 445 g/mol. The first-order valence-corrected chi connectivity index (χ1v) is 10.7. The van der Waals surface area contributed by atoms with E-state index in [0.717, 1.165) is 19.2 Å². The van der Waals surface area contributed by atoms with Gasteiger partial charge in [-0.1, -0.05) is 6.07 Å². The molecule has 0 aromatic carbocycles. The molecule has 156 valence electrons. The maximum atomic E-state index is 12.4. The predicted octanol–water partition coefficient (Wildman–Crippen LogP) is 0.955. The van der Waals surface area contributed by atoms with Gasteiger partial charge in [-0.3, -0.25) is 18.7 Å². The van der Waals surface area contributed by atoms with E-state index in [1.807, 2.05) is 29.6 Å². The Morgan fingerprint density at radius 3 is 2.73 bits per heavy atom. The lowest BCUT2D eigenvalue weighted by molar-refractivity contribution is -0.121. The Labute approximate surface area is 178 Å². The number of carbonyl (C=O) groups excluding carboxylic acids is 1. The van der Waals surface area contributed by atoms with Crippen LogP contribution in [0.4, 0.5) is 0 Å². The highest BCUT2D eigenvalue weighted by Crippen LogP contribution is 2.30. The number of rotatable bonds is 6. The van der Waals surface area contributed by atoms with Crippen molar-refractivity contribution in [3.05, 3.63) is 71.4 Å². The van der Waals surface area contributed by atoms with Crippen LogP contribution in [0.15, 0.2) is 45.6 Å². The fourth-order valence-electron chi connectivity index (χ4n) is 3.14. The van der Waals surface area contributed by atoms with E-state index in [4.69, 9.17) is 0 Å². The summed E-state index contributed by atoms with van der Waals surface area (Å²) >= 11 is 2.92. The molecule has 30 heavy (non-hydrogen) atoms. The number of aromatic nitrogens is 4. The van der Waals surface area contributed by atoms with Gasteiger partial charge in [-0.05, 0) is 23.6 Å². The minimum atomic E-state index is -0.667. The van der Waals surface area contributed by atoms with E-state index in [-0.39, 0.29) is 23.6 Å². The van der Waals surface area contributed by atoms with Crippen molar-refractivity contribution in [3.8, 4) is 0 Å². The Balaban J connectivity index is 1.45. The Kier molecular flexibility index (Phi) is 5.41. The van der Waals surface area contributed by atoms with Crippen molar-refractivity contribution in [2.24, 2.45) is 14.1 Å². The molecule has 0 bridgehead atoms. The fraction of sp³-hybridized carbons (Fsp3) is 0.263. The highest BCUT2D eigenvalue weighted by molar-refractivity contribution is 7.12. The summed E-state index contributed by atoms with van der Waals surface area (Å²) in [5.41, 5.74) is -0.530. The number of imidazole rings is 1. The van der Waals surface area contributed by atoms with Gasteiger partial charge >= 0.3 is 5.69 Å². The van der Waals surface area contributed by atoms with Gasteiger partial charge in [0.15, 0.2) is 11.2 Å². The zero-order valence-electron chi connectivity index (χ0n) is 16.2. The van der Waals surface area contributed by atoms with Crippen LogP contribution in [0.5, 0.6) is 0 Å². The maximum absolute atomic E-state index is 12.4. The average molecular weight is 446 g/mol. The second-order valence-electron chi connectivity index (χ2n) is 6.75. The minimum Gasteiger partial charge on any atom is -0.382 e. The lowest BCUT2D eigenvalue weighted by Crippen LogP contribution is -2.38. The molecule has 0 fully saturated rings. The second kappa shape index (κ2) is 8.01. The van der Waals surface area contributed by atoms with Crippen LogP contribution in [0.3, 0.4) is 0 Å². The predicted molar refractivity (Wildman–Crippen MR) is 115 cm³/mol. The maximum Gasteiger partial charge on any atom is 0.332 e. The van der Waals surface area contributed by atoms with Gasteiger partial charge in [-0.15, -0.1) is 22.7 Å². The van der Waals surface area contributed by atoms with Crippen molar-refractivity contribution in [1.82, 2.24) is 24.0 Å². The number of nitrogens with one attached hydrogen (secondary N) is 1. The molecule has 0 radical (unpaired) electrons. The first-order valence-electron chi connectivity index (χ1n) is 9.04. The van der Waals surface area contributed by atoms with Crippen molar-refractivity contribution in [2.45, 2.75) is 19.2 Å². The van der Waals surface area contributed by atoms with Crippen LogP contribution >= 0.6 is 22.7 Å². The van der Waals surface area contributed by atoms with Crippen LogP contribution in [0, 0.1) is 0 Å². The number of nitrogens with zero attached hydrogens (tertiary/aromatic N) is 4. The van der Waals surface area contributed by atoms with Gasteiger partial charge in [-0.2, -0.15) is 0 Å². The van der Waals surface area contributed by atoms with Crippen LogP contribution < -0.4 is 16.6 Å². The second-order valence-corrected chi connectivity index (χ2v) is 8.93. The minimum absolute atomic E-state index is 0.0972. The molecule has 2 N–H and O–H groups in total. The molecule has 4 aromatic rings. The highest BCUT2D eigenvalue weighted by atomic mass is 32.1. The summed E-state index contributed by atoms with van der Waals surface area (Å²) in [6.07, 6.45) is 0.714. The number of amides is 1. The van der Waals surface area contributed by atoms with E-state index in [1.54, 1.807) is 0 Å². The summed E-state index contributed by atoms with van der Waals surface area (Å²) < 4.78 is 3.70. The third-order valence-electron chi connectivity index (χ3n) is 4.76. The van der Waals surface area contributed by atoms with Gasteiger partial charge in [0.1, 0.15) is 12.6 Å². The fourth-order valence-corrected chi connectivity index (χ4v) is 4.90. The van der Waals surface area contributed by atoms with Crippen LogP contribution in [0.1, 0.15) is 20.7 Å². The van der Waals surface area contributed by atoms with E-state index < -0.39 is 17.4 Å². The lowest BCUT2D eigenvalue weighted by atomic mass is 10.2. The van der Waals surface area contributed by atoms with Gasteiger partial charge in [0.25, 0.3) is 5.56 Å². The van der Waals surface area contributed by atoms with E-state index >= 15 is 0 Å². The summed E-state index contributed by atoms with van der Waals surface area (Å²) in [6, 6.07) is 7.49. The summed E-state index contributed by atoms with van der Waals surface area (Å²) in [4.78, 5) is 43.6. The molecule has 4 heterocycles. The Morgan fingerprint density at radius 1 is 1.20 bits per heavy atom. The molecule has 9 nitrogen and oxygen atoms in total. The number of thiophene rings is 2. The van der Waals surface area contributed by atoms with Gasteiger partial charge in [0.05, 0.1) is 12.9 Å². The molecule has 1 unspecified atom stereocenters. The number of hydrogen-bond acceptors (Lipinski definition) is 7. The Bertz CT molecular complexity index is 1330. The van der Waals surface area contributed by atoms with Crippen LogP contribution in [0.2, 0.25) is 0 Å². The van der Waals surface area contributed by atoms with E-state index in [0.29, 0.717) is 6.54 Å². The summed E-state index contributed by atoms with van der Waals surface area (Å²) in [5.74, 6) is -0.293. The van der Waals surface area contributed by atoms with Crippen LogP contribution in [0.25, 0.3) is 11.2 Å². The topological polar surface area (TPSA) is 111 Å². The molecule has 0 aliphatic rings. The number of fused-ring (bicyclic) bond motifs is 1.